The summed E-state index contributed by atoms with van der Waals surface area (Å²) in [6, 6.07) is 10.7. The SMILES string of the molecule is CC(C)C[C@H]1COc2ccccc2C(=O)N[C@H](C(=O)NCCc2ccccc2F)CCC(=O)N2CCC[C@@H]2C(=O)N(C)CC(=O)N1. The lowest BCUT2D eigenvalue weighted by molar-refractivity contribution is -0.144. The maximum absolute atomic E-state index is 14.1. The zero-order chi connectivity index (χ0) is 33.2. The van der Waals surface area contributed by atoms with Gasteiger partial charge in [-0.2, -0.15) is 0 Å². The van der Waals surface area contributed by atoms with Crippen LogP contribution in [-0.2, 0) is 25.6 Å². The Bertz CT molecular complexity index is 1420. The molecule has 2 heterocycles. The second kappa shape index (κ2) is 16.2. The number of carbonyl (C=O) groups is 5. The molecule has 0 aromatic heterocycles. The number of ether oxygens (including phenoxy) is 1. The average Bonchev–Trinajstić information content (AvgIpc) is 3.51. The number of amides is 5. The first-order valence-electron chi connectivity index (χ1n) is 15.9. The Hall–Kier alpha value is -4.48. The van der Waals surface area contributed by atoms with Crippen molar-refractivity contribution in [2.75, 3.05) is 33.3 Å². The molecule has 11 nitrogen and oxygen atoms in total. The molecule has 2 aliphatic heterocycles. The zero-order valence-electron chi connectivity index (χ0n) is 26.7. The molecule has 46 heavy (non-hydrogen) atoms. The van der Waals surface area contributed by atoms with E-state index in [0.717, 1.165) is 0 Å². The van der Waals surface area contributed by atoms with Crippen molar-refractivity contribution >= 4 is 29.5 Å². The molecule has 4 rings (SSSR count). The van der Waals surface area contributed by atoms with Crippen molar-refractivity contribution in [3.63, 3.8) is 0 Å². The predicted octanol–water partition coefficient (Wildman–Crippen LogP) is 2.44. The maximum atomic E-state index is 14.1. The van der Waals surface area contributed by atoms with E-state index in [-0.39, 0.29) is 79.7 Å². The number of para-hydroxylation sites is 1. The molecule has 2 aromatic rings. The standard InChI is InChI=1S/C34H44FN5O6/c1-22(2)19-24-21-46-29-13-7-5-10-25(29)32(43)38-27(33(44)36-17-16-23-9-4-6-11-26(23)35)14-15-31(42)40-18-8-12-28(40)34(45)39(3)20-30(41)37-24/h4-7,9-11,13,22,24,27-28H,8,12,14-21H2,1-3H3,(H,36,44)(H,37,41)(H,38,43)/t24-,27-,28+/m0/s1. The quantitative estimate of drug-likeness (QED) is 0.445. The predicted molar refractivity (Wildman–Crippen MR) is 169 cm³/mol. The summed E-state index contributed by atoms with van der Waals surface area (Å²) in [5, 5.41) is 8.48. The highest BCUT2D eigenvalue weighted by Gasteiger charge is 2.36. The summed E-state index contributed by atoms with van der Waals surface area (Å²) in [7, 11) is 1.54. The summed E-state index contributed by atoms with van der Waals surface area (Å²) < 4.78 is 20.2. The summed E-state index contributed by atoms with van der Waals surface area (Å²) in [6.07, 6.45) is 1.81. The Balaban J connectivity index is 1.58. The van der Waals surface area contributed by atoms with Crippen LogP contribution in [0.3, 0.4) is 0 Å². The van der Waals surface area contributed by atoms with E-state index < -0.39 is 29.9 Å². The fourth-order valence-electron chi connectivity index (χ4n) is 5.91. The van der Waals surface area contributed by atoms with Crippen molar-refractivity contribution in [1.29, 1.82) is 0 Å². The summed E-state index contributed by atoms with van der Waals surface area (Å²) in [4.78, 5) is 69.5. The first kappa shape index (κ1) is 34.4. The molecule has 1 fully saturated rings. The van der Waals surface area contributed by atoms with Gasteiger partial charge in [0.15, 0.2) is 0 Å². The third kappa shape index (κ3) is 9.27. The summed E-state index contributed by atoms with van der Waals surface area (Å²) in [5.74, 6) is -1.97. The van der Waals surface area contributed by atoms with E-state index in [0.29, 0.717) is 31.4 Å². The highest BCUT2D eigenvalue weighted by atomic mass is 19.1. The van der Waals surface area contributed by atoms with Crippen molar-refractivity contribution < 1.29 is 33.1 Å². The van der Waals surface area contributed by atoms with Gasteiger partial charge in [-0.1, -0.05) is 44.2 Å². The molecule has 0 spiro atoms. The second-order valence-electron chi connectivity index (χ2n) is 12.3. The number of nitrogens with zero attached hydrogens (tertiary/aromatic N) is 2. The van der Waals surface area contributed by atoms with Gasteiger partial charge >= 0.3 is 0 Å². The van der Waals surface area contributed by atoms with Gasteiger partial charge in [-0.3, -0.25) is 24.0 Å². The normalized spacial score (nSPS) is 21.8. The van der Waals surface area contributed by atoms with Gasteiger partial charge in [0.05, 0.1) is 18.2 Å². The highest BCUT2D eigenvalue weighted by molar-refractivity contribution is 6.00. The van der Waals surface area contributed by atoms with Gasteiger partial charge in [0.25, 0.3) is 5.91 Å². The van der Waals surface area contributed by atoms with Crippen LogP contribution in [0.25, 0.3) is 0 Å². The average molecular weight is 638 g/mol. The van der Waals surface area contributed by atoms with Gasteiger partial charge in [0.1, 0.15) is 30.3 Å². The molecule has 0 unspecified atom stereocenters. The summed E-state index contributed by atoms with van der Waals surface area (Å²) >= 11 is 0. The van der Waals surface area contributed by atoms with Crippen molar-refractivity contribution in [2.45, 2.75) is 70.5 Å². The minimum absolute atomic E-state index is 0.0226. The maximum Gasteiger partial charge on any atom is 0.255 e. The first-order valence-corrected chi connectivity index (χ1v) is 15.9. The Kier molecular flexibility index (Phi) is 12.1. The van der Waals surface area contributed by atoms with Gasteiger partial charge in [-0.05, 0) is 61.8 Å². The van der Waals surface area contributed by atoms with E-state index in [2.05, 4.69) is 16.0 Å². The van der Waals surface area contributed by atoms with E-state index in [1.807, 2.05) is 13.8 Å². The molecule has 2 aliphatic rings. The van der Waals surface area contributed by atoms with E-state index in [1.165, 1.54) is 15.9 Å². The van der Waals surface area contributed by atoms with Crippen molar-refractivity contribution in [3.05, 3.63) is 65.5 Å². The van der Waals surface area contributed by atoms with Gasteiger partial charge < -0.3 is 30.5 Å². The first-order chi connectivity index (χ1) is 22.0. The summed E-state index contributed by atoms with van der Waals surface area (Å²) in [6.45, 7) is 4.43. The lowest BCUT2D eigenvalue weighted by atomic mass is 10.0. The van der Waals surface area contributed by atoms with Gasteiger partial charge in [0.2, 0.25) is 23.6 Å². The Morgan fingerprint density at radius 1 is 1.04 bits per heavy atom. The van der Waals surface area contributed by atoms with E-state index in [1.54, 1.807) is 49.5 Å². The monoisotopic (exact) mass is 637 g/mol. The molecule has 0 radical (unpaired) electrons. The van der Waals surface area contributed by atoms with E-state index in [4.69, 9.17) is 4.74 Å². The largest absolute Gasteiger partial charge is 0.491 e. The zero-order valence-corrected chi connectivity index (χ0v) is 26.7. The van der Waals surface area contributed by atoms with Crippen LogP contribution in [0.15, 0.2) is 48.5 Å². The van der Waals surface area contributed by atoms with Crippen molar-refractivity contribution in [3.8, 4) is 5.75 Å². The number of halogens is 1. The third-order valence-electron chi connectivity index (χ3n) is 8.23. The number of rotatable bonds is 6. The van der Waals surface area contributed by atoms with E-state index >= 15 is 0 Å². The fourth-order valence-corrected chi connectivity index (χ4v) is 5.91. The van der Waals surface area contributed by atoms with Crippen LogP contribution < -0.4 is 20.7 Å². The van der Waals surface area contributed by atoms with Crippen LogP contribution >= 0.6 is 0 Å². The molecule has 0 saturated carbocycles. The molecule has 248 valence electrons. The molecule has 5 amide bonds. The Morgan fingerprint density at radius 2 is 1.78 bits per heavy atom. The van der Waals surface area contributed by atoms with Crippen LogP contribution in [0.5, 0.6) is 5.75 Å². The van der Waals surface area contributed by atoms with Gasteiger partial charge in [-0.25, -0.2) is 4.39 Å². The number of benzene rings is 2. The van der Waals surface area contributed by atoms with Crippen LogP contribution in [-0.4, -0.2) is 90.8 Å². The van der Waals surface area contributed by atoms with Crippen LogP contribution in [0.2, 0.25) is 0 Å². The van der Waals surface area contributed by atoms with Crippen LogP contribution in [0.1, 0.15) is 61.9 Å². The number of likely N-dealkylation sites (N-methyl/N-ethyl adjacent to an activating group) is 1. The second-order valence-corrected chi connectivity index (χ2v) is 12.3. The van der Waals surface area contributed by atoms with Crippen LogP contribution in [0, 0.1) is 11.7 Å². The minimum Gasteiger partial charge on any atom is -0.491 e. The third-order valence-corrected chi connectivity index (χ3v) is 8.23. The molecule has 3 N–H and O–H groups in total. The van der Waals surface area contributed by atoms with E-state index in [9.17, 15) is 28.4 Å². The molecule has 1 saturated heterocycles. The molecular weight excluding hydrogens is 593 g/mol. The van der Waals surface area contributed by atoms with Gasteiger partial charge in [-0.15, -0.1) is 0 Å². The van der Waals surface area contributed by atoms with Crippen molar-refractivity contribution in [2.24, 2.45) is 5.92 Å². The molecule has 2 aromatic carbocycles. The number of hydrogen-bond acceptors (Lipinski definition) is 6. The Labute approximate surface area is 269 Å². The molecule has 0 aliphatic carbocycles. The smallest absolute Gasteiger partial charge is 0.255 e. The number of hydrogen-bond donors (Lipinski definition) is 3. The van der Waals surface area contributed by atoms with Crippen LogP contribution in [0.4, 0.5) is 4.39 Å². The molecular formula is C34H44FN5O6. The lowest BCUT2D eigenvalue weighted by Crippen LogP contribution is -2.51. The number of nitrogens with one attached hydrogen (secondary N) is 3. The fraction of sp³-hybridized carbons (Fsp3) is 0.500. The van der Waals surface area contributed by atoms with Gasteiger partial charge in [0, 0.05) is 26.6 Å². The number of fused-ring (bicyclic) bond motifs is 2. The highest BCUT2D eigenvalue weighted by Crippen LogP contribution is 2.22. The topological polar surface area (TPSA) is 137 Å². The molecule has 12 heteroatoms. The molecule has 3 atom stereocenters. The van der Waals surface area contributed by atoms with Crippen molar-refractivity contribution in [1.82, 2.24) is 25.8 Å². The summed E-state index contributed by atoms with van der Waals surface area (Å²) in [5.41, 5.74) is 0.637. The Morgan fingerprint density at radius 3 is 2.54 bits per heavy atom. The molecule has 0 bridgehead atoms. The minimum atomic E-state index is -1.09. The lowest BCUT2D eigenvalue weighted by Gasteiger charge is -2.29. The number of carbonyl (C=O) groups excluding carboxylic acids is 5.